The SMILES string of the molecule is CC(C)CCCC(C)CCCC(C)CCCC(C)CCO[P+]([O-])(OCCC(C)CCCC(C)CCCC(C)CCCC(C)C)Oc1cc(C[n+]2cc[nH]c2)cc(C[n+]2cc[nH]c2)c1. The van der Waals surface area contributed by atoms with Crippen molar-refractivity contribution in [1.29, 1.82) is 0 Å². The van der Waals surface area contributed by atoms with Crippen LogP contribution in [0.4, 0.5) is 0 Å². The zero-order chi connectivity index (χ0) is 45.9. The van der Waals surface area contributed by atoms with Gasteiger partial charge in [-0.25, -0.2) is 9.13 Å². The van der Waals surface area contributed by atoms with Crippen molar-refractivity contribution in [2.24, 2.45) is 47.3 Å². The highest BCUT2D eigenvalue weighted by Crippen LogP contribution is 2.54. The van der Waals surface area contributed by atoms with E-state index in [0.717, 1.165) is 72.3 Å². The van der Waals surface area contributed by atoms with Crippen molar-refractivity contribution >= 4 is 8.17 Å². The van der Waals surface area contributed by atoms with E-state index in [0.29, 0.717) is 43.9 Å². The van der Waals surface area contributed by atoms with Gasteiger partial charge in [0.1, 0.15) is 37.9 Å². The first-order valence-electron chi connectivity index (χ1n) is 25.9. The minimum Gasteiger partial charge on any atom is -0.598 e. The van der Waals surface area contributed by atoms with E-state index in [-0.39, 0.29) is 0 Å². The van der Waals surface area contributed by atoms with Crippen molar-refractivity contribution in [3.05, 3.63) is 66.8 Å². The summed E-state index contributed by atoms with van der Waals surface area (Å²) in [7, 11) is -3.91. The first kappa shape index (κ1) is 55.1. The Balaban J connectivity index is 1.52. The maximum absolute atomic E-state index is 14.6. The van der Waals surface area contributed by atoms with E-state index in [1.165, 1.54) is 103 Å². The van der Waals surface area contributed by atoms with Gasteiger partial charge in [-0.2, -0.15) is 9.05 Å². The van der Waals surface area contributed by atoms with E-state index in [9.17, 15) is 4.89 Å². The standard InChI is InChI=1S/C54H95N4O4P/c1-44(2)17-11-19-46(5)21-13-23-48(7)25-15-27-50(9)29-35-60-63(59,61-36-30-51(10)28-16-26-49(8)24-14-22-47(6)20-12-18-45(3)4)62-54-38-52(40-57-33-31-55-42-57)37-53(39-54)41-58-34-32-56-43-58/h31-34,37-39,42-51H,11-30,35-36,40-41H2,1-10H3/p+2. The molecule has 2 aromatic heterocycles. The minimum absolute atomic E-state index is 0.345. The number of nitrogens with one attached hydrogen (secondary N) is 2. The molecule has 2 heterocycles. The predicted molar refractivity (Wildman–Crippen MR) is 263 cm³/mol. The maximum atomic E-state index is 14.6. The summed E-state index contributed by atoms with van der Waals surface area (Å²) in [6.07, 6.45) is 36.9. The van der Waals surface area contributed by atoms with Gasteiger partial charge in [-0.3, -0.25) is 14.5 Å². The Kier molecular flexibility index (Phi) is 27.7. The second kappa shape index (κ2) is 31.6. The van der Waals surface area contributed by atoms with Crippen LogP contribution in [0.2, 0.25) is 0 Å². The van der Waals surface area contributed by atoms with Crippen molar-refractivity contribution in [2.45, 2.75) is 211 Å². The lowest BCUT2D eigenvalue weighted by Gasteiger charge is -2.26. The van der Waals surface area contributed by atoms with E-state index in [1.807, 2.05) is 49.6 Å². The van der Waals surface area contributed by atoms with Crippen LogP contribution in [0.5, 0.6) is 5.75 Å². The lowest BCUT2D eigenvalue weighted by Crippen LogP contribution is -2.32. The normalized spacial score (nSPS) is 16.0. The molecule has 360 valence electrons. The smallest absolute Gasteiger partial charge is 0.429 e. The van der Waals surface area contributed by atoms with Gasteiger partial charge in [0.15, 0.2) is 5.75 Å². The summed E-state index contributed by atoms with van der Waals surface area (Å²) in [5.41, 5.74) is 2.10. The molecule has 8 nitrogen and oxygen atoms in total. The number of aromatic nitrogens is 4. The summed E-state index contributed by atoms with van der Waals surface area (Å²) in [6, 6.07) is 6.12. The van der Waals surface area contributed by atoms with Crippen molar-refractivity contribution < 1.29 is 27.6 Å². The second-order valence-corrected chi connectivity index (χ2v) is 22.9. The van der Waals surface area contributed by atoms with E-state index < -0.39 is 8.17 Å². The van der Waals surface area contributed by atoms with E-state index in [2.05, 4.69) is 94.4 Å². The molecule has 6 atom stereocenters. The molecule has 0 aliphatic rings. The number of aromatic amines is 2. The Morgan fingerprint density at radius 2 is 0.778 bits per heavy atom. The van der Waals surface area contributed by atoms with Gasteiger partial charge in [-0.1, -0.05) is 185 Å². The third kappa shape index (κ3) is 26.5. The Morgan fingerprint density at radius 1 is 0.460 bits per heavy atom. The van der Waals surface area contributed by atoms with Crippen molar-refractivity contribution in [1.82, 2.24) is 9.97 Å². The lowest BCUT2D eigenvalue weighted by atomic mass is 9.91. The Bertz CT molecular complexity index is 1430. The third-order valence-corrected chi connectivity index (χ3v) is 14.9. The van der Waals surface area contributed by atoms with E-state index in [1.54, 1.807) is 0 Å². The zero-order valence-electron chi connectivity index (χ0n) is 42.3. The Hall–Kier alpha value is -2.25. The summed E-state index contributed by atoms with van der Waals surface area (Å²) in [6.45, 7) is 25.6. The van der Waals surface area contributed by atoms with Gasteiger partial charge in [-0.15, -0.1) is 0 Å². The number of hydrogen-bond donors (Lipinski definition) is 2. The van der Waals surface area contributed by atoms with Crippen molar-refractivity contribution in [3.8, 4) is 5.75 Å². The Labute approximate surface area is 388 Å². The predicted octanol–water partition coefficient (Wildman–Crippen LogP) is 14.4. The molecule has 0 amide bonds. The van der Waals surface area contributed by atoms with Crippen LogP contribution >= 0.6 is 8.17 Å². The summed E-state index contributed by atoms with van der Waals surface area (Å²) in [5.74, 6) is 6.31. The maximum Gasteiger partial charge on any atom is 0.429 e. The van der Waals surface area contributed by atoms with Gasteiger partial charge < -0.3 is 4.89 Å². The molecular weight excluding hydrogens is 800 g/mol. The average Bonchev–Trinajstić information content (AvgIpc) is 3.92. The number of phosphoric acid groups is 1. The number of hydrogen-bond acceptors (Lipinski definition) is 4. The highest BCUT2D eigenvalue weighted by Gasteiger charge is 2.35. The highest BCUT2D eigenvalue weighted by molar-refractivity contribution is 7.54. The van der Waals surface area contributed by atoms with Gasteiger partial charge in [0.05, 0.1) is 13.2 Å². The monoisotopic (exact) mass is 897 g/mol. The topological polar surface area (TPSA) is 90.1 Å². The number of rotatable bonds is 38. The van der Waals surface area contributed by atoms with Crippen LogP contribution in [-0.4, -0.2) is 23.2 Å². The molecule has 2 N–H and O–H groups in total. The zero-order valence-corrected chi connectivity index (χ0v) is 43.2. The number of imidazole rings is 2. The van der Waals surface area contributed by atoms with Crippen LogP contribution in [0.15, 0.2) is 55.6 Å². The Morgan fingerprint density at radius 3 is 1.08 bits per heavy atom. The first-order valence-corrected chi connectivity index (χ1v) is 27.4. The van der Waals surface area contributed by atoms with Crippen LogP contribution < -0.4 is 18.6 Å². The average molecular weight is 897 g/mol. The molecule has 3 rings (SSSR count). The molecular formula is C54H97N4O4P+2. The minimum atomic E-state index is -3.91. The van der Waals surface area contributed by atoms with E-state index >= 15 is 0 Å². The molecule has 0 aliphatic heterocycles. The van der Waals surface area contributed by atoms with Crippen molar-refractivity contribution in [2.75, 3.05) is 13.2 Å². The molecule has 0 radical (unpaired) electrons. The quantitative estimate of drug-likeness (QED) is 0.0443. The molecule has 0 spiro atoms. The first-order chi connectivity index (χ1) is 30.2. The third-order valence-electron chi connectivity index (χ3n) is 13.4. The summed E-state index contributed by atoms with van der Waals surface area (Å²) in [4.78, 5) is 20.9. The molecule has 0 aliphatic carbocycles. The van der Waals surface area contributed by atoms with Gasteiger partial charge in [-0.05, 0) is 89.5 Å². The molecule has 1 aromatic carbocycles. The van der Waals surface area contributed by atoms with Crippen LogP contribution in [0.25, 0.3) is 0 Å². The fraction of sp³-hybridized carbons (Fsp3) is 0.778. The van der Waals surface area contributed by atoms with Gasteiger partial charge in [0.2, 0.25) is 12.7 Å². The molecule has 0 saturated heterocycles. The van der Waals surface area contributed by atoms with Crippen LogP contribution in [-0.2, 0) is 22.1 Å². The fourth-order valence-electron chi connectivity index (χ4n) is 9.05. The molecule has 0 fully saturated rings. The summed E-state index contributed by atoms with van der Waals surface area (Å²) in [5, 5.41) is 0. The molecule has 6 unspecified atom stereocenters. The number of phosphoric ester groups is 1. The van der Waals surface area contributed by atoms with Gasteiger partial charge >= 0.3 is 8.17 Å². The van der Waals surface area contributed by atoms with Gasteiger partial charge in [0, 0.05) is 0 Å². The summed E-state index contributed by atoms with van der Waals surface area (Å²) < 4.78 is 22.9. The fourth-order valence-corrected chi connectivity index (χ4v) is 10.2. The molecule has 3 aromatic rings. The molecule has 9 heteroatoms. The largest absolute Gasteiger partial charge is 0.598 e. The van der Waals surface area contributed by atoms with Crippen LogP contribution in [0.1, 0.15) is 209 Å². The second-order valence-electron chi connectivity index (χ2n) is 21.3. The van der Waals surface area contributed by atoms with E-state index in [4.69, 9.17) is 13.6 Å². The van der Waals surface area contributed by atoms with Gasteiger partial charge in [0.25, 0.3) is 0 Å². The van der Waals surface area contributed by atoms with Crippen molar-refractivity contribution in [3.63, 3.8) is 0 Å². The molecule has 0 saturated carbocycles. The lowest BCUT2D eigenvalue weighted by molar-refractivity contribution is -0.688. The summed E-state index contributed by atoms with van der Waals surface area (Å²) >= 11 is 0. The number of H-pyrrole nitrogens is 2. The highest BCUT2D eigenvalue weighted by atomic mass is 31.2. The molecule has 0 bridgehead atoms. The van der Waals surface area contributed by atoms with Crippen LogP contribution in [0.3, 0.4) is 0 Å². The van der Waals surface area contributed by atoms with Crippen LogP contribution in [0, 0.1) is 47.3 Å². The molecule has 63 heavy (non-hydrogen) atoms. The number of nitrogens with zero attached hydrogens (tertiary/aromatic N) is 2. The number of benzene rings is 1.